The lowest BCUT2D eigenvalue weighted by Gasteiger charge is -2.15. The molecule has 0 fully saturated rings. The lowest BCUT2D eigenvalue weighted by molar-refractivity contribution is -0.136. The molecule has 0 aliphatic carbocycles. The Bertz CT molecular complexity index is 394. The quantitative estimate of drug-likeness (QED) is 0.772. The summed E-state index contributed by atoms with van der Waals surface area (Å²) in [6.07, 6.45) is 3.87. The highest BCUT2D eigenvalue weighted by molar-refractivity contribution is 5.73. The van der Waals surface area contributed by atoms with Gasteiger partial charge in [-0.15, -0.1) is 0 Å². The van der Waals surface area contributed by atoms with Crippen LogP contribution in [0.5, 0.6) is 5.75 Å². The van der Waals surface area contributed by atoms with E-state index in [4.69, 9.17) is 9.84 Å². The van der Waals surface area contributed by atoms with Crippen LogP contribution in [0.4, 0.5) is 0 Å². The van der Waals surface area contributed by atoms with Gasteiger partial charge in [-0.1, -0.05) is 24.3 Å². The van der Waals surface area contributed by atoms with E-state index < -0.39 is 5.97 Å². The molecule has 1 aromatic rings. The van der Waals surface area contributed by atoms with Crippen LogP contribution in [0.25, 0.3) is 6.08 Å². The maximum absolute atomic E-state index is 10.6. The van der Waals surface area contributed by atoms with Crippen LogP contribution in [0.1, 0.15) is 11.1 Å². The van der Waals surface area contributed by atoms with E-state index in [0.29, 0.717) is 12.4 Å². The van der Waals surface area contributed by atoms with Crippen LogP contribution in [0.15, 0.2) is 24.3 Å². The highest BCUT2D eigenvalue weighted by Crippen LogP contribution is 2.28. The summed E-state index contributed by atoms with van der Waals surface area (Å²) in [4.78, 5) is 10.6. The summed E-state index contributed by atoms with van der Waals surface area (Å²) in [5.41, 5.74) is 1.69. The number of carboxylic acids is 1. The summed E-state index contributed by atoms with van der Waals surface area (Å²) in [5, 5.41) is 8.69. The van der Waals surface area contributed by atoms with Crippen molar-refractivity contribution in [3.63, 3.8) is 0 Å². The number of hydrogen-bond donors (Lipinski definition) is 1. The zero-order valence-electron chi connectivity index (χ0n) is 7.56. The molecule has 0 atom stereocenters. The van der Waals surface area contributed by atoms with Crippen molar-refractivity contribution in [2.45, 2.75) is 6.42 Å². The number of carbonyl (C=O) groups is 1. The first kappa shape index (κ1) is 8.81. The normalized spacial score (nSPS) is 13.1. The Hall–Kier alpha value is -1.77. The van der Waals surface area contributed by atoms with Gasteiger partial charge >= 0.3 is 5.97 Å². The first-order valence-electron chi connectivity index (χ1n) is 4.40. The van der Waals surface area contributed by atoms with Gasteiger partial charge in [0.05, 0.1) is 6.42 Å². The molecule has 0 bridgehead atoms. The van der Waals surface area contributed by atoms with E-state index in [2.05, 4.69) is 0 Å². The summed E-state index contributed by atoms with van der Waals surface area (Å²) in [6.45, 7) is 0.517. The number of rotatable bonds is 2. The van der Waals surface area contributed by atoms with Gasteiger partial charge in [-0.3, -0.25) is 4.79 Å². The molecular formula is C11H10O3. The number of aliphatic carboxylic acids is 1. The molecule has 14 heavy (non-hydrogen) atoms. The standard InChI is InChI=1S/C11H10O3/c12-10(13)7-9-4-1-3-8-5-2-6-14-11(8)9/h1-5H,6-7H2,(H,12,13). The molecule has 0 amide bonds. The first-order valence-corrected chi connectivity index (χ1v) is 4.40. The van der Waals surface area contributed by atoms with E-state index in [1.165, 1.54) is 0 Å². The van der Waals surface area contributed by atoms with Gasteiger partial charge < -0.3 is 9.84 Å². The Morgan fingerprint density at radius 3 is 3.14 bits per heavy atom. The van der Waals surface area contributed by atoms with Gasteiger partial charge in [0.25, 0.3) is 0 Å². The molecule has 3 heteroatoms. The number of para-hydroxylation sites is 1. The van der Waals surface area contributed by atoms with Crippen LogP contribution in [0, 0.1) is 0 Å². The fourth-order valence-corrected chi connectivity index (χ4v) is 1.52. The Labute approximate surface area is 81.6 Å². The molecule has 0 aromatic heterocycles. The van der Waals surface area contributed by atoms with Crippen LogP contribution in [0.3, 0.4) is 0 Å². The van der Waals surface area contributed by atoms with Gasteiger partial charge in [-0.25, -0.2) is 0 Å². The Morgan fingerprint density at radius 1 is 1.50 bits per heavy atom. The van der Waals surface area contributed by atoms with Gasteiger partial charge in [0.1, 0.15) is 12.4 Å². The summed E-state index contributed by atoms with van der Waals surface area (Å²) in [5.74, 6) is -0.131. The molecule has 0 unspecified atom stereocenters. The van der Waals surface area contributed by atoms with Crippen molar-refractivity contribution in [3.8, 4) is 5.75 Å². The van der Waals surface area contributed by atoms with Crippen molar-refractivity contribution in [1.82, 2.24) is 0 Å². The largest absolute Gasteiger partial charge is 0.489 e. The molecule has 1 N–H and O–H groups in total. The monoisotopic (exact) mass is 190 g/mol. The van der Waals surface area contributed by atoms with Crippen LogP contribution in [-0.2, 0) is 11.2 Å². The minimum atomic E-state index is -0.837. The number of benzene rings is 1. The van der Waals surface area contributed by atoms with Gasteiger partial charge in [0.15, 0.2) is 0 Å². The predicted molar refractivity (Wildman–Crippen MR) is 52.3 cm³/mol. The number of carboxylic acid groups (broad SMARTS) is 1. The van der Waals surface area contributed by atoms with E-state index in [9.17, 15) is 4.79 Å². The SMILES string of the molecule is O=C(O)Cc1cccc2c1OCC=C2. The minimum Gasteiger partial charge on any atom is -0.489 e. The fraction of sp³-hybridized carbons (Fsp3) is 0.182. The van der Waals surface area contributed by atoms with E-state index in [0.717, 1.165) is 11.1 Å². The second-order valence-corrected chi connectivity index (χ2v) is 3.12. The van der Waals surface area contributed by atoms with Crippen molar-refractivity contribution in [2.24, 2.45) is 0 Å². The van der Waals surface area contributed by atoms with Crippen molar-refractivity contribution in [1.29, 1.82) is 0 Å². The van der Waals surface area contributed by atoms with E-state index in [1.54, 1.807) is 6.07 Å². The van der Waals surface area contributed by atoms with E-state index in [-0.39, 0.29) is 6.42 Å². The highest BCUT2D eigenvalue weighted by Gasteiger charge is 2.12. The van der Waals surface area contributed by atoms with Gasteiger partial charge in [-0.05, 0) is 6.08 Å². The maximum atomic E-state index is 10.6. The van der Waals surface area contributed by atoms with Crippen LogP contribution < -0.4 is 4.74 Å². The van der Waals surface area contributed by atoms with Gasteiger partial charge in [0, 0.05) is 11.1 Å². The second-order valence-electron chi connectivity index (χ2n) is 3.12. The Morgan fingerprint density at radius 2 is 2.36 bits per heavy atom. The lowest BCUT2D eigenvalue weighted by Crippen LogP contribution is -2.07. The molecule has 72 valence electrons. The molecule has 3 nitrogen and oxygen atoms in total. The Kier molecular flexibility index (Phi) is 2.23. The number of fused-ring (bicyclic) bond motifs is 1. The van der Waals surface area contributed by atoms with E-state index in [1.807, 2.05) is 24.3 Å². The second kappa shape index (κ2) is 3.54. The summed E-state index contributed by atoms with van der Waals surface area (Å²) in [6, 6.07) is 5.54. The molecule has 0 spiro atoms. The molecular weight excluding hydrogens is 180 g/mol. The summed E-state index contributed by atoms with van der Waals surface area (Å²) >= 11 is 0. The van der Waals surface area contributed by atoms with Gasteiger partial charge in [-0.2, -0.15) is 0 Å². The number of hydrogen-bond acceptors (Lipinski definition) is 2. The van der Waals surface area contributed by atoms with Crippen LogP contribution >= 0.6 is 0 Å². The average Bonchev–Trinajstić information content (AvgIpc) is 2.18. The molecule has 1 aromatic carbocycles. The highest BCUT2D eigenvalue weighted by atomic mass is 16.5. The first-order chi connectivity index (χ1) is 6.77. The lowest BCUT2D eigenvalue weighted by atomic mass is 10.0. The average molecular weight is 190 g/mol. The third kappa shape index (κ3) is 1.62. The fourth-order valence-electron chi connectivity index (χ4n) is 1.52. The maximum Gasteiger partial charge on any atom is 0.307 e. The zero-order valence-corrected chi connectivity index (χ0v) is 7.56. The van der Waals surface area contributed by atoms with Crippen LogP contribution in [-0.4, -0.2) is 17.7 Å². The molecule has 0 saturated heterocycles. The summed E-state index contributed by atoms with van der Waals surface area (Å²) < 4.78 is 5.41. The smallest absolute Gasteiger partial charge is 0.307 e. The minimum absolute atomic E-state index is 0.0109. The van der Waals surface area contributed by atoms with Crippen molar-refractivity contribution >= 4 is 12.0 Å². The summed E-state index contributed by atoms with van der Waals surface area (Å²) in [7, 11) is 0. The third-order valence-electron chi connectivity index (χ3n) is 2.09. The molecule has 0 radical (unpaired) electrons. The Balaban J connectivity index is 2.41. The van der Waals surface area contributed by atoms with Crippen molar-refractivity contribution in [2.75, 3.05) is 6.61 Å². The molecule has 0 saturated carbocycles. The van der Waals surface area contributed by atoms with Gasteiger partial charge in [0.2, 0.25) is 0 Å². The molecule has 1 heterocycles. The number of ether oxygens (including phenoxy) is 1. The topological polar surface area (TPSA) is 46.5 Å². The predicted octanol–water partition coefficient (Wildman–Crippen LogP) is 1.72. The van der Waals surface area contributed by atoms with Crippen molar-refractivity contribution < 1.29 is 14.6 Å². The van der Waals surface area contributed by atoms with E-state index >= 15 is 0 Å². The third-order valence-corrected chi connectivity index (χ3v) is 2.09. The molecule has 2 rings (SSSR count). The molecule has 1 aliphatic heterocycles. The van der Waals surface area contributed by atoms with Crippen LogP contribution in [0.2, 0.25) is 0 Å². The molecule has 1 aliphatic rings. The zero-order chi connectivity index (χ0) is 9.97. The van der Waals surface area contributed by atoms with Crippen molar-refractivity contribution in [3.05, 3.63) is 35.4 Å².